The minimum atomic E-state index is -0.571. The maximum atomic E-state index is 12.0. The van der Waals surface area contributed by atoms with Crippen LogP contribution in [0.1, 0.15) is 11.1 Å². The molecule has 3 rings (SSSR count). The first kappa shape index (κ1) is 20.3. The molecule has 0 aliphatic rings. The van der Waals surface area contributed by atoms with Gasteiger partial charge in [0.2, 0.25) is 5.89 Å². The molecule has 0 atom stereocenters. The Labute approximate surface area is 179 Å². The molecule has 0 fully saturated rings. The molecule has 0 unspecified atom stereocenters. The standard InChI is InChI=1S/C19H16IN3O4S/c1-25-18(24)16(23-26-2)13-8-4-3-7-12(13)11-28-19-22-21-17(27-19)14-9-5-6-10-15(14)20/h3-10H,11H2,1-2H3/b23-16+. The Morgan fingerprint density at radius 1 is 1.14 bits per heavy atom. The first-order valence-corrected chi connectivity index (χ1v) is 10.2. The van der Waals surface area contributed by atoms with Crippen molar-refractivity contribution in [2.45, 2.75) is 11.0 Å². The summed E-state index contributed by atoms with van der Waals surface area (Å²) in [6, 6.07) is 15.2. The number of carbonyl (C=O) groups excluding carboxylic acids is 1. The molecular formula is C19H16IN3O4S. The summed E-state index contributed by atoms with van der Waals surface area (Å²) in [6.07, 6.45) is 0. The third-order valence-electron chi connectivity index (χ3n) is 3.70. The molecule has 28 heavy (non-hydrogen) atoms. The first-order chi connectivity index (χ1) is 13.6. The van der Waals surface area contributed by atoms with Crippen LogP contribution in [0.2, 0.25) is 0 Å². The Balaban J connectivity index is 1.80. The van der Waals surface area contributed by atoms with Crippen molar-refractivity contribution in [3.8, 4) is 11.5 Å². The minimum absolute atomic E-state index is 0.103. The van der Waals surface area contributed by atoms with E-state index in [1.807, 2.05) is 42.5 Å². The van der Waals surface area contributed by atoms with Gasteiger partial charge in [-0.15, -0.1) is 10.2 Å². The molecule has 0 saturated heterocycles. The van der Waals surface area contributed by atoms with Crippen molar-refractivity contribution in [3.05, 3.63) is 63.2 Å². The van der Waals surface area contributed by atoms with Gasteiger partial charge in [-0.3, -0.25) is 0 Å². The van der Waals surface area contributed by atoms with Crippen LogP contribution in [0.3, 0.4) is 0 Å². The number of nitrogens with zero attached hydrogens (tertiary/aromatic N) is 3. The summed E-state index contributed by atoms with van der Waals surface area (Å²) in [6.45, 7) is 0. The van der Waals surface area contributed by atoms with Gasteiger partial charge < -0.3 is 14.0 Å². The molecule has 0 amide bonds. The summed E-state index contributed by atoms with van der Waals surface area (Å²) >= 11 is 3.60. The predicted octanol–water partition coefficient (Wildman–Crippen LogP) is 4.16. The van der Waals surface area contributed by atoms with Crippen LogP contribution < -0.4 is 0 Å². The van der Waals surface area contributed by atoms with Crippen LogP contribution in [0.25, 0.3) is 11.5 Å². The Kier molecular flexibility index (Phi) is 7.04. The molecule has 0 radical (unpaired) electrons. The number of esters is 1. The van der Waals surface area contributed by atoms with E-state index in [9.17, 15) is 4.79 Å². The smallest absolute Gasteiger partial charge is 0.360 e. The fraction of sp³-hybridized carbons (Fsp3) is 0.158. The van der Waals surface area contributed by atoms with Crippen molar-refractivity contribution in [1.29, 1.82) is 0 Å². The highest BCUT2D eigenvalue weighted by atomic mass is 127. The van der Waals surface area contributed by atoms with Gasteiger partial charge >= 0.3 is 5.97 Å². The molecule has 0 aliphatic heterocycles. The Hall–Kier alpha value is -2.40. The second-order valence-corrected chi connectivity index (χ2v) is 7.50. The fourth-order valence-corrected chi connectivity index (χ4v) is 3.80. The van der Waals surface area contributed by atoms with Crippen LogP contribution in [0.5, 0.6) is 0 Å². The average molecular weight is 509 g/mol. The van der Waals surface area contributed by atoms with Crippen molar-refractivity contribution < 1.29 is 18.8 Å². The summed E-state index contributed by atoms with van der Waals surface area (Å²) in [5.41, 5.74) is 2.48. The number of ether oxygens (including phenoxy) is 1. The summed E-state index contributed by atoms with van der Waals surface area (Å²) in [5.74, 6) is 0.402. The predicted molar refractivity (Wildman–Crippen MR) is 114 cm³/mol. The number of methoxy groups -OCH3 is 1. The largest absolute Gasteiger partial charge is 0.464 e. The van der Waals surface area contributed by atoms with Gasteiger partial charge in [-0.1, -0.05) is 53.3 Å². The van der Waals surface area contributed by atoms with Crippen LogP contribution in [0, 0.1) is 3.57 Å². The van der Waals surface area contributed by atoms with Gasteiger partial charge in [0, 0.05) is 14.9 Å². The van der Waals surface area contributed by atoms with Gasteiger partial charge in [0.1, 0.15) is 7.11 Å². The van der Waals surface area contributed by atoms with E-state index in [4.69, 9.17) is 14.0 Å². The third kappa shape index (κ3) is 4.71. The molecule has 144 valence electrons. The lowest BCUT2D eigenvalue weighted by atomic mass is 10.0. The lowest BCUT2D eigenvalue weighted by Crippen LogP contribution is -2.19. The molecule has 1 heterocycles. The van der Waals surface area contributed by atoms with Crippen molar-refractivity contribution in [3.63, 3.8) is 0 Å². The molecule has 0 spiro atoms. The number of rotatable bonds is 7. The molecule has 0 aliphatic carbocycles. The fourth-order valence-electron chi connectivity index (χ4n) is 2.41. The SMILES string of the molecule is CO/N=C(/C(=O)OC)c1ccccc1CSc1nnc(-c2ccccc2I)o1. The highest BCUT2D eigenvalue weighted by Gasteiger charge is 2.20. The molecule has 1 aromatic heterocycles. The van der Waals surface area contributed by atoms with Gasteiger partial charge in [-0.2, -0.15) is 0 Å². The number of benzene rings is 2. The normalized spacial score (nSPS) is 11.3. The number of aromatic nitrogens is 2. The first-order valence-electron chi connectivity index (χ1n) is 8.13. The van der Waals surface area contributed by atoms with E-state index in [0.717, 1.165) is 14.7 Å². The highest BCUT2D eigenvalue weighted by Crippen LogP contribution is 2.29. The lowest BCUT2D eigenvalue weighted by Gasteiger charge is -2.09. The number of hydrogen-bond donors (Lipinski definition) is 0. The second kappa shape index (κ2) is 9.69. The van der Waals surface area contributed by atoms with Crippen molar-refractivity contribution >= 4 is 46.0 Å². The van der Waals surface area contributed by atoms with Gasteiger partial charge in [0.25, 0.3) is 5.22 Å². The van der Waals surface area contributed by atoms with E-state index in [1.54, 1.807) is 6.07 Å². The van der Waals surface area contributed by atoms with Crippen molar-refractivity contribution in [1.82, 2.24) is 10.2 Å². The van der Waals surface area contributed by atoms with E-state index < -0.39 is 5.97 Å². The molecule has 9 heteroatoms. The Bertz CT molecular complexity index is 1010. The number of carbonyl (C=O) groups is 1. The van der Waals surface area contributed by atoms with E-state index in [2.05, 4.69) is 37.9 Å². The number of hydrogen-bond acceptors (Lipinski definition) is 8. The molecule has 2 aromatic carbocycles. The topological polar surface area (TPSA) is 86.8 Å². The molecule has 7 nitrogen and oxygen atoms in total. The molecule has 0 N–H and O–H groups in total. The maximum Gasteiger partial charge on any atom is 0.360 e. The number of oxime groups is 1. The Morgan fingerprint density at radius 3 is 2.64 bits per heavy atom. The average Bonchev–Trinajstić information content (AvgIpc) is 3.19. The molecule has 3 aromatic rings. The van der Waals surface area contributed by atoms with E-state index >= 15 is 0 Å². The van der Waals surface area contributed by atoms with Crippen LogP contribution in [0.4, 0.5) is 0 Å². The molecular weight excluding hydrogens is 493 g/mol. The second-order valence-electron chi connectivity index (χ2n) is 5.41. The van der Waals surface area contributed by atoms with Crippen LogP contribution in [-0.4, -0.2) is 36.1 Å². The Morgan fingerprint density at radius 2 is 1.89 bits per heavy atom. The maximum absolute atomic E-state index is 12.0. The van der Waals surface area contributed by atoms with E-state index in [1.165, 1.54) is 26.0 Å². The van der Waals surface area contributed by atoms with Gasteiger partial charge in [-0.25, -0.2) is 4.79 Å². The monoisotopic (exact) mass is 509 g/mol. The van der Waals surface area contributed by atoms with Crippen LogP contribution >= 0.6 is 34.4 Å². The number of thioether (sulfide) groups is 1. The van der Waals surface area contributed by atoms with Crippen LogP contribution in [0.15, 0.2) is 63.3 Å². The van der Waals surface area contributed by atoms with Crippen molar-refractivity contribution in [2.75, 3.05) is 14.2 Å². The zero-order valence-electron chi connectivity index (χ0n) is 15.1. The summed E-state index contributed by atoms with van der Waals surface area (Å²) < 4.78 is 11.6. The third-order valence-corrected chi connectivity index (χ3v) is 5.50. The highest BCUT2D eigenvalue weighted by molar-refractivity contribution is 14.1. The minimum Gasteiger partial charge on any atom is -0.464 e. The van der Waals surface area contributed by atoms with Crippen LogP contribution in [-0.2, 0) is 20.1 Å². The van der Waals surface area contributed by atoms with E-state index in [-0.39, 0.29) is 5.71 Å². The quantitative estimate of drug-likeness (QED) is 0.156. The van der Waals surface area contributed by atoms with Crippen molar-refractivity contribution in [2.24, 2.45) is 5.16 Å². The van der Waals surface area contributed by atoms with Gasteiger partial charge in [-0.05, 0) is 40.3 Å². The van der Waals surface area contributed by atoms with Gasteiger partial charge in [0.05, 0.1) is 12.7 Å². The molecule has 0 bridgehead atoms. The zero-order chi connectivity index (χ0) is 19.9. The summed E-state index contributed by atoms with van der Waals surface area (Å²) in [4.78, 5) is 16.8. The van der Waals surface area contributed by atoms with Gasteiger partial charge in [0.15, 0.2) is 5.71 Å². The van der Waals surface area contributed by atoms with E-state index in [0.29, 0.717) is 22.4 Å². The number of halogens is 1. The molecule has 0 saturated carbocycles. The zero-order valence-corrected chi connectivity index (χ0v) is 18.1. The lowest BCUT2D eigenvalue weighted by molar-refractivity contribution is -0.132. The summed E-state index contributed by atoms with van der Waals surface area (Å²) in [7, 11) is 2.68. The summed E-state index contributed by atoms with van der Waals surface area (Å²) in [5, 5.41) is 12.5.